The summed E-state index contributed by atoms with van der Waals surface area (Å²) in [6.07, 6.45) is 1.35. The summed E-state index contributed by atoms with van der Waals surface area (Å²) in [5.41, 5.74) is 0.953. The van der Waals surface area contributed by atoms with E-state index in [1.807, 2.05) is 6.07 Å². The molecule has 1 amide bonds. The summed E-state index contributed by atoms with van der Waals surface area (Å²) >= 11 is 0. The predicted octanol–water partition coefficient (Wildman–Crippen LogP) is 4.87. The van der Waals surface area contributed by atoms with Gasteiger partial charge in [-0.15, -0.1) is 0 Å². The van der Waals surface area contributed by atoms with E-state index < -0.39 is 16.6 Å². The Bertz CT molecular complexity index is 1250. The molecule has 0 spiro atoms. The summed E-state index contributed by atoms with van der Waals surface area (Å²) in [5.74, 6) is -0.598. The van der Waals surface area contributed by atoms with Crippen molar-refractivity contribution in [2.45, 2.75) is 6.61 Å². The Balaban J connectivity index is 1.74. The Kier molecular flexibility index (Phi) is 7.34. The number of ether oxygens (including phenoxy) is 2. The summed E-state index contributed by atoms with van der Waals surface area (Å²) in [4.78, 5) is 22.6. The first-order valence-electron chi connectivity index (χ1n) is 9.63. The van der Waals surface area contributed by atoms with E-state index in [0.29, 0.717) is 17.1 Å². The minimum atomic E-state index is -0.750. The minimum absolute atomic E-state index is 0.0141. The molecule has 33 heavy (non-hydrogen) atoms. The van der Waals surface area contributed by atoms with Crippen LogP contribution in [0, 0.1) is 27.3 Å². The second-order valence-electron chi connectivity index (χ2n) is 6.73. The fourth-order valence-electron chi connectivity index (χ4n) is 2.84. The van der Waals surface area contributed by atoms with Gasteiger partial charge >= 0.3 is 0 Å². The molecule has 166 valence electrons. The third kappa shape index (κ3) is 5.92. The summed E-state index contributed by atoms with van der Waals surface area (Å²) in [7, 11) is 1.44. The van der Waals surface area contributed by atoms with Gasteiger partial charge in [0.2, 0.25) is 0 Å². The Hall–Kier alpha value is -4.71. The number of hydrogen-bond acceptors (Lipinski definition) is 6. The van der Waals surface area contributed by atoms with E-state index in [4.69, 9.17) is 9.47 Å². The number of non-ortho nitro benzene ring substituents is 1. The van der Waals surface area contributed by atoms with Crippen molar-refractivity contribution in [3.05, 3.63) is 99.4 Å². The number of methoxy groups -OCH3 is 1. The van der Waals surface area contributed by atoms with E-state index in [9.17, 15) is 24.6 Å². The van der Waals surface area contributed by atoms with Gasteiger partial charge in [-0.1, -0.05) is 18.2 Å². The Morgan fingerprint density at radius 1 is 1.15 bits per heavy atom. The van der Waals surface area contributed by atoms with Gasteiger partial charge in [0.05, 0.1) is 17.7 Å². The van der Waals surface area contributed by atoms with Crippen molar-refractivity contribution >= 4 is 23.4 Å². The van der Waals surface area contributed by atoms with Gasteiger partial charge in [-0.05, 0) is 53.6 Å². The van der Waals surface area contributed by atoms with Crippen LogP contribution in [-0.2, 0) is 11.4 Å². The molecule has 9 heteroatoms. The SMILES string of the molecule is COc1cc(/C=C(\C#N)C(=O)Nc2ccccc2F)ccc1OCc1ccc([N+](=O)[O-])cc1. The number of nitro benzene ring substituents is 1. The maximum absolute atomic E-state index is 13.8. The maximum atomic E-state index is 13.8. The van der Waals surface area contributed by atoms with Crippen molar-refractivity contribution < 1.29 is 23.6 Å². The number of nitro groups is 1. The molecule has 0 bridgehead atoms. The normalized spacial score (nSPS) is 10.8. The molecule has 0 heterocycles. The minimum Gasteiger partial charge on any atom is -0.493 e. The largest absolute Gasteiger partial charge is 0.493 e. The number of rotatable bonds is 8. The van der Waals surface area contributed by atoms with Crippen LogP contribution < -0.4 is 14.8 Å². The first-order valence-corrected chi connectivity index (χ1v) is 9.63. The van der Waals surface area contributed by atoms with Crippen LogP contribution in [0.3, 0.4) is 0 Å². The predicted molar refractivity (Wildman–Crippen MR) is 119 cm³/mol. The molecule has 1 N–H and O–H groups in total. The van der Waals surface area contributed by atoms with Gasteiger partial charge < -0.3 is 14.8 Å². The molecule has 0 radical (unpaired) electrons. The number of carbonyl (C=O) groups is 1. The lowest BCUT2D eigenvalue weighted by molar-refractivity contribution is -0.384. The van der Waals surface area contributed by atoms with Crippen molar-refractivity contribution in [3.63, 3.8) is 0 Å². The number of amides is 1. The average molecular weight is 447 g/mol. The highest BCUT2D eigenvalue weighted by atomic mass is 19.1. The number of carbonyl (C=O) groups excluding carboxylic acids is 1. The summed E-state index contributed by atoms with van der Waals surface area (Å²) in [6, 6.07) is 18.2. The summed E-state index contributed by atoms with van der Waals surface area (Å²) < 4.78 is 24.8. The lowest BCUT2D eigenvalue weighted by Crippen LogP contribution is -2.14. The Morgan fingerprint density at radius 2 is 1.88 bits per heavy atom. The van der Waals surface area contributed by atoms with Crippen molar-refractivity contribution in [1.82, 2.24) is 0 Å². The number of nitriles is 1. The molecule has 0 aliphatic carbocycles. The molecular weight excluding hydrogens is 429 g/mol. The van der Waals surface area contributed by atoms with Crippen LogP contribution >= 0.6 is 0 Å². The highest BCUT2D eigenvalue weighted by molar-refractivity contribution is 6.09. The molecule has 0 saturated carbocycles. The third-order valence-electron chi connectivity index (χ3n) is 4.53. The van der Waals surface area contributed by atoms with Crippen molar-refractivity contribution in [3.8, 4) is 17.6 Å². The van der Waals surface area contributed by atoms with E-state index in [2.05, 4.69) is 5.32 Å². The molecule has 3 aromatic carbocycles. The molecule has 8 nitrogen and oxygen atoms in total. The molecule has 0 aromatic heterocycles. The number of nitrogens with zero attached hydrogens (tertiary/aromatic N) is 2. The van der Waals surface area contributed by atoms with Crippen LogP contribution in [0.4, 0.5) is 15.8 Å². The number of anilines is 1. The first-order chi connectivity index (χ1) is 15.9. The number of halogens is 1. The van der Waals surface area contributed by atoms with Crippen LogP contribution in [0.5, 0.6) is 11.5 Å². The monoisotopic (exact) mass is 447 g/mol. The van der Waals surface area contributed by atoms with E-state index >= 15 is 0 Å². The van der Waals surface area contributed by atoms with Gasteiger partial charge in [0.25, 0.3) is 11.6 Å². The van der Waals surface area contributed by atoms with Gasteiger partial charge in [0.15, 0.2) is 11.5 Å². The van der Waals surface area contributed by atoms with Gasteiger partial charge in [-0.25, -0.2) is 4.39 Å². The molecule has 0 aliphatic rings. The smallest absolute Gasteiger partial charge is 0.269 e. The van der Waals surface area contributed by atoms with Crippen LogP contribution in [0.15, 0.2) is 72.3 Å². The van der Waals surface area contributed by atoms with Gasteiger partial charge in [0.1, 0.15) is 24.1 Å². The number of nitrogens with one attached hydrogen (secondary N) is 1. The highest BCUT2D eigenvalue weighted by Crippen LogP contribution is 2.30. The zero-order chi connectivity index (χ0) is 23.8. The summed E-state index contributed by atoms with van der Waals surface area (Å²) in [5, 5.41) is 22.5. The second-order valence-corrected chi connectivity index (χ2v) is 6.73. The molecule has 0 atom stereocenters. The lowest BCUT2D eigenvalue weighted by Gasteiger charge is -2.12. The van der Waals surface area contributed by atoms with Crippen LogP contribution in [0.2, 0.25) is 0 Å². The summed E-state index contributed by atoms with van der Waals surface area (Å²) in [6.45, 7) is 0.151. The van der Waals surface area contributed by atoms with Crippen LogP contribution in [0.25, 0.3) is 6.08 Å². The van der Waals surface area contributed by atoms with E-state index in [0.717, 1.165) is 5.56 Å². The number of benzene rings is 3. The molecule has 0 fully saturated rings. The maximum Gasteiger partial charge on any atom is 0.269 e. The van der Waals surface area contributed by atoms with Crippen molar-refractivity contribution in [2.24, 2.45) is 0 Å². The van der Waals surface area contributed by atoms with Crippen LogP contribution in [-0.4, -0.2) is 17.9 Å². The molecule has 3 rings (SSSR count). The number of para-hydroxylation sites is 1. The van der Waals surface area contributed by atoms with E-state index in [1.165, 1.54) is 43.5 Å². The van der Waals surface area contributed by atoms with E-state index in [1.54, 1.807) is 36.4 Å². The van der Waals surface area contributed by atoms with Crippen molar-refractivity contribution in [1.29, 1.82) is 5.26 Å². The lowest BCUT2D eigenvalue weighted by atomic mass is 10.1. The molecule has 0 saturated heterocycles. The standard InChI is InChI=1S/C24H18FN3O5/c1-32-23-13-17(12-18(14-26)24(29)27-21-5-3-2-4-20(21)25)8-11-22(23)33-15-16-6-9-19(10-7-16)28(30)31/h2-13H,15H2,1H3,(H,27,29)/b18-12+. The fraction of sp³-hybridized carbons (Fsp3) is 0.0833. The van der Waals surface area contributed by atoms with Gasteiger partial charge in [-0.3, -0.25) is 14.9 Å². The highest BCUT2D eigenvalue weighted by Gasteiger charge is 2.13. The quantitative estimate of drug-likeness (QED) is 0.228. The van der Waals surface area contributed by atoms with Crippen molar-refractivity contribution in [2.75, 3.05) is 12.4 Å². The Morgan fingerprint density at radius 3 is 2.52 bits per heavy atom. The number of hydrogen-bond donors (Lipinski definition) is 1. The average Bonchev–Trinajstić information content (AvgIpc) is 2.83. The van der Waals surface area contributed by atoms with E-state index in [-0.39, 0.29) is 23.6 Å². The topological polar surface area (TPSA) is 114 Å². The zero-order valence-corrected chi connectivity index (χ0v) is 17.4. The second kappa shape index (κ2) is 10.5. The van der Waals surface area contributed by atoms with Crippen LogP contribution in [0.1, 0.15) is 11.1 Å². The van der Waals surface area contributed by atoms with Gasteiger partial charge in [0, 0.05) is 12.1 Å². The first kappa shape index (κ1) is 23.0. The molecule has 0 unspecified atom stereocenters. The van der Waals surface area contributed by atoms with Gasteiger partial charge in [-0.2, -0.15) is 5.26 Å². The third-order valence-corrected chi connectivity index (χ3v) is 4.53. The molecule has 3 aromatic rings. The zero-order valence-electron chi connectivity index (χ0n) is 17.4. The Labute approximate surface area is 188 Å². The fourth-order valence-corrected chi connectivity index (χ4v) is 2.84. The molecule has 0 aliphatic heterocycles. The molecular formula is C24H18FN3O5.